The molecule has 0 spiro atoms. The van der Waals surface area contributed by atoms with Crippen molar-refractivity contribution in [1.29, 1.82) is 0 Å². The number of nitrogens with two attached hydrogens (primary N) is 1. The summed E-state index contributed by atoms with van der Waals surface area (Å²) in [6, 6.07) is 7.87. The van der Waals surface area contributed by atoms with Crippen LogP contribution in [0.1, 0.15) is 16.8 Å². The first kappa shape index (κ1) is 11.5. The van der Waals surface area contributed by atoms with Crippen molar-refractivity contribution in [2.75, 3.05) is 12.3 Å². The molecular formula is C13H16N2O2. The van der Waals surface area contributed by atoms with Crippen LogP contribution in [-0.2, 0) is 6.42 Å². The van der Waals surface area contributed by atoms with Crippen LogP contribution in [0.5, 0.6) is 5.75 Å². The second kappa shape index (κ2) is 4.91. The van der Waals surface area contributed by atoms with Crippen LogP contribution in [0.15, 0.2) is 28.8 Å². The Morgan fingerprint density at radius 1 is 1.18 bits per heavy atom. The first-order valence-corrected chi connectivity index (χ1v) is 5.55. The molecule has 0 saturated carbocycles. The molecule has 90 valence electrons. The summed E-state index contributed by atoms with van der Waals surface area (Å²) in [6.45, 7) is 4.67. The minimum absolute atomic E-state index is 0.339. The van der Waals surface area contributed by atoms with E-state index in [-0.39, 0.29) is 0 Å². The van der Waals surface area contributed by atoms with E-state index < -0.39 is 0 Å². The maximum atomic E-state index is 5.66. The van der Waals surface area contributed by atoms with E-state index in [0.29, 0.717) is 18.9 Å². The molecule has 4 heteroatoms. The quantitative estimate of drug-likeness (QED) is 0.879. The zero-order valence-corrected chi connectivity index (χ0v) is 10.1. The number of nitrogens with zero attached hydrogens (tertiary/aromatic N) is 1. The molecule has 0 saturated heterocycles. The van der Waals surface area contributed by atoms with Gasteiger partial charge < -0.3 is 15.0 Å². The number of hydrogen-bond acceptors (Lipinski definition) is 4. The third-order valence-corrected chi connectivity index (χ3v) is 2.40. The van der Waals surface area contributed by atoms with Crippen molar-refractivity contribution >= 4 is 5.88 Å². The van der Waals surface area contributed by atoms with E-state index >= 15 is 0 Å². The Bertz CT molecular complexity index is 486. The van der Waals surface area contributed by atoms with Gasteiger partial charge in [0.1, 0.15) is 5.75 Å². The largest absolute Gasteiger partial charge is 0.493 e. The molecule has 1 heterocycles. The zero-order valence-electron chi connectivity index (χ0n) is 10.1. The number of hydrogen-bond donors (Lipinski definition) is 1. The van der Waals surface area contributed by atoms with Gasteiger partial charge in [-0.05, 0) is 37.1 Å². The lowest BCUT2D eigenvalue weighted by Crippen LogP contribution is -2.01. The summed E-state index contributed by atoms with van der Waals surface area (Å²) < 4.78 is 10.4. The SMILES string of the molecule is Cc1cc(C)cc(OCCc2cc(N)on2)c1. The van der Waals surface area contributed by atoms with Gasteiger partial charge in [0.05, 0.1) is 12.3 Å². The molecule has 0 bridgehead atoms. The zero-order chi connectivity index (χ0) is 12.3. The van der Waals surface area contributed by atoms with E-state index in [1.165, 1.54) is 11.1 Å². The van der Waals surface area contributed by atoms with Crippen LogP contribution in [0.25, 0.3) is 0 Å². The Balaban J connectivity index is 1.89. The van der Waals surface area contributed by atoms with E-state index in [9.17, 15) is 0 Å². The van der Waals surface area contributed by atoms with E-state index in [1.54, 1.807) is 6.07 Å². The summed E-state index contributed by atoms with van der Waals surface area (Å²) in [5.41, 5.74) is 8.64. The van der Waals surface area contributed by atoms with E-state index in [4.69, 9.17) is 15.0 Å². The molecule has 2 N–H and O–H groups in total. The number of nitrogen functional groups attached to an aromatic ring is 1. The minimum atomic E-state index is 0.339. The van der Waals surface area contributed by atoms with E-state index in [1.807, 2.05) is 12.1 Å². The Labute approximate surface area is 100 Å². The molecule has 0 aliphatic heterocycles. The van der Waals surface area contributed by atoms with Crippen LogP contribution in [-0.4, -0.2) is 11.8 Å². The fraction of sp³-hybridized carbons (Fsp3) is 0.308. The predicted octanol–water partition coefficient (Wildman–Crippen LogP) is 2.50. The lowest BCUT2D eigenvalue weighted by Gasteiger charge is -2.06. The number of anilines is 1. The van der Waals surface area contributed by atoms with Crippen LogP contribution in [0, 0.1) is 13.8 Å². The first-order chi connectivity index (χ1) is 8.13. The fourth-order valence-electron chi connectivity index (χ4n) is 1.74. The number of ether oxygens (including phenoxy) is 1. The predicted molar refractivity (Wildman–Crippen MR) is 66.0 cm³/mol. The Morgan fingerprint density at radius 2 is 1.88 bits per heavy atom. The van der Waals surface area contributed by atoms with Gasteiger partial charge in [0.2, 0.25) is 5.88 Å². The van der Waals surface area contributed by atoms with Crippen molar-refractivity contribution < 1.29 is 9.26 Å². The van der Waals surface area contributed by atoms with Gasteiger partial charge in [0.25, 0.3) is 0 Å². The van der Waals surface area contributed by atoms with Crippen molar-refractivity contribution in [2.24, 2.45) is 0 Å². The van der Waals surface area contributed by atoms with Crippen LogP contribution in [0.4, 0.5) is 5.88 Å². The van der Waals surface area contributed by atoms with Gasteiger partial charge in [-0.2, -0.15) is 0 Å². The highest BCUT2D eigenvalue weighted by atomic mass is 16.5. The van der Waals surface area contributed by atoms with Gasteiger partial charge in [0, 0.05) is 12.5 Å². The van der Waals surface area contributed by atoms with Gasteiger partial charge in [-0.15, -0.1) is 0 Å². The summed E-state index contributed by atoms with van der Waals surface area (Å²) in [4.78, 5) is 0. The summed E-state index contributed by atoms with van der Waals surface area (Å²) in [7, 11) is 0. The van der Waals surface area contributed by atoms with Crippen molar-refractivity contribution in [3.63, 3.8) is 0 Å². The minimum Gasteiger partial charge on any atom is -0.493 e. The lowest BCUT2D eigenvalue weighted by molar-refractivity contribution is 0.316. The van der Waals surface area contributed by atoms with Crippen LogP contribution >= 0.6 is 0 Å². The molecule has 2 aromatic rings. The van der Waals surface area contributed by atoms with Crippen LogP contribution in [0.2, 0.25) is 0 Å². The van der Waals surface area contributed by atoms with Gasteiger partial charge in [0.15, 0.2) is 0 Å². The average molecular weight is 232 g/mol. The summed E-state index contributed by atoms with van der Waals surface area (Å²) in [5, 5.41) is 3.80. The second-order valence-electron chi connectivity index (χ2n) is 4.14. The Kier molecular flexibility index (Phi) is 3.32. The average Bonchev–Trinajstić information content (AvgIpc) is 2.63. The highest BCUT2D eigenvalue weighted by molar-refractivity contribution is 5.33. The number of aromatic nitrogens is 1. The van der Waals surface area contributed by atoms with Gasteiger partial charge in [-0.25, -0.2) is 0 Å². The molecule has 17 heavy (non-hydrogen) atoms. The molecule has 4 nitrogen and oxygen atoms in total. The molecule has 1 aromatic heterocycles. The highest BCUT2D eigenvalue weighted by Crippen LogP contribution is 2.16. The van der Waals surface area contributed by atoms with Crippen molar-refractivity contribution in [2.45, 2.75) is 20.3 Å². The highest BCUT2D eigenvalue weighted by Gasteiger charge is 2.02. The second-order valence-corrected chi connectivity index (χ2v) is 4.14. The molecule has 0 radical (unpaired) electrons. The molecule has 0 amide bonds. The summed E-state index contributed by atoms with van der Waals surface area (Å²) in [6.07, 6.45) is 0.688. The number of rotatable bonds is 4. The maximum Gasteiger partial charge on any atom is 0.222 e. The summed E-state index contributed by atoms with van der Waals surface area (Å²) >= 11 is 0. The van der Waals surface area contributed by atoms with Crippen molar-refractivity contribution in [3.8, 4) is 5.75 Å². The molecule has 0 fully saturated rings. The smallest absolute Gasteiger partial charge is 0.222 e. The Hall–Kier alpha value is -1.97. The van der Waals surface area contributed by atoms with Gasteiger partial charge >= 0.3 is 0 Å². The molecule has 0 unspecified atom stereocenters. The topological polar surface area (TPSA) is 61.3 Å². The molecule has 1 aromatic carbocycles. The third kappa shape index (κ3) is 3.24. The monoisotopic (exact) mass is 232 g/mol. The molecule has 0 atom stereocenters. The van der Waals surface area contributed by atoms with Gasteiger partial charge in [-0.1, -0.05) is 11.2 Å². The molecule has 0 aliphatic carbocycles. The third-order valence-electron chi connectivity index (χ3n) is 2.40. The number of aryl methyl sites for hydroxylation is 2. The lowest BCUT2D eigenvalue weighted by atomic mass is 10.1. The van der Waals surface area contributed by atoms with Gasteiger partial charge in [-0.3, -0.25) is 0 Å². The van der Waals surface area contributed by atoms with Crippen LogP contribution < -0.4 is 10.5 Å². The summed E-state index contributed by atoms with van der Waals surface area (Å²) in [5.74, 6) is 1.23. The van der Waals surface area contributed by atoms with Crippen molar-refractivity contribution in [1.82, 2.24) is 5.16 Å². The maximum absolute atomic E-state index is 5.66. The van der Waals surface area contributed by atoms with E-state index in [0.717, 1.165) is 11.4 Å². The van der Waals surface area contributed by atoms with Crippen molar-refractivity contribution in [3.05, 3.63) is 41.1 Å². The fourth-order valence-corrected chi connectivity index (χ4v) is 1.74. The van der Waals surface area contributed by atoms with Crippen LogP contribution in [0.3, 0.4) is 0 Å². The molecule has 0 aliphatic rings. The molecule has 2 rings (SSSR count). The first-order valence-electron chi connectivity index (χ1n) is 5.55. The standard InChI is InChI=1S/C13H16N2O2/c1-9-5-10(2)7-12(6-9)16-4-3-11-8-13(14)17-15-11/h5-8H,3-4,14H2,1-2H3. The Morgan fingerprint density at radius 3 is 2.47 bits per heavy atom. The number of benzene rings is 1. The normalized spacial score (nSPS) is 10.5. The van der Waals surface area contributed by atoms with E-state index in [2.05, 4.69) is 25.1 Å². The molecular weight excluding hydrogens is 216 g/mol.